The van der Waals surface area contributed by atoms with Gasteiger partial charge in [0.1, 0.15) is 17.0 Å². The second-order valence-electron chi connectivity index (χ2n) is 6.25. The number of benzene rings is 1. The number of hydrogen-bond donors (Lipinski definition) is 1. The van der Waals surface area contributed by atoms with Crippen LogP contribution in [-0.2, 0) is 17.0 Å². The second kappa shape index (κ2) is 8.18. The molecular weight excluding hydrogens is 410 g/mol. The summed E-state index contributed by atoms with van der Waals surface area (Å²) in [7, 11) is 0. The lowest BCUT2D eigenvalue weighted by Crippen LogP contribution is -2.13. The van der Waals surface area contributed by atoms with E-state index in [1.54, 1.807) is 0 Å². The lowest BCUT2D eigenvalue weighted by molar-refractivity contribution is -0.117. The molecule has 10 heteroatoms. The van der Waals surface area contributed by atoms with E-state index in [0.29, 0.717) is 34.6 Å². The Kier molecular flexibility index (Phi) is 5.45. The van der Waals surface area contributed by atoms with E-state index in [1.165, 1.54) is 23.1 Å². The summed E-state index contributed by atoms with van der Waals surface area (Å²) in [6.07, 6.45) is 0.198. The Morgan fingerprint density at radius 3 is 2.76 bits per heavy atom. The number of thiazole rings is 1. The predicted molar refractivity (Wildman–Crippen MR) is 109 cm³/mol. The monoisotopic (exact) mass is 427 g/mol. The predicted octanol–water partition coefficient (Wildman–Crippen LogP) is 3.79. The fourth-order valence-corrected chi connectivity index (χ4v) is 4.82. The summed E-state index contributed by atoms with van der Waals surface area (Å²) in [5.41, 5.74) is 8.35. The molecule has 8 nitrogen and oxygen atoms in total. The van der Waals surface area contributed by atoms with Crippen LogP contribution in [0.2, 0.25) is 0 Å². The molecule has 0 unspecified atom stereocenters. The van der Waals surface area contributed by atoms with Gasteiger partial charge in [0, 0.05) is 10.4 Å². The highest BCUT2D eigenvalue weighted by atomic mass is 32.2. The Labute approximate surface area is 174 Å². The molecular formula is C19H17N5O3S2. The Morgan fingerprint density at radius 1 is 1.21 bits per heavy atom. The molecule has 148 valence electrons. The summed E-state index contributed by atoms with van der Waals surface area (Å²) in [5, 5.41) is 12.5. The summed E-state index contributed by atoms with van der Waals surface area (Å²) in [5.74, 6) is 1.53. The molecule has 0 fully saturated rings. The molecule has 3 aromatic heterocycles. The molecule has 3 heterocycles. The lowest BCUT2D eigenvalue weighted by Gasteiger charge is -1.98. The molecule has 0 atom stereocenters. The average Bonchev–Trinajstić information content (AvgIpc) is 3.39. The molecule has 0 aliphatic rings. The van der Waals surface area contributed by atoms with Gasteiger partial charge in [-0.15, -0.1) is 21.5 Å². The van der Waals surface area contributed by atoms with Crippen molar-refractivity contribution in [1.29, 1.82) is 0 Å². The molecule has 29 heavy (non-hydrogen) atoms. The molecule has 4 aromatic rings. The van der Waals surface area contributed by atoms with E-state index >= 15 is 0 Å². The van der Waals surface area contributed by atoms with Crippen LogP contribution >= 0.6 is 23.1 Å². The maximum atomic E-state index is 11.1. The van der Waals surface area contributed by atoms with Crippen LogP contribution in [0.1, 0.15) is 22.2 Å². The summed E-state index contributed by atoms with van der Waals surface area (Å²) in [6.45, 7) is 3.68. The van der Waals surface area contributed by atoms with Gasteiger partial charge in [0.25, 0.3) is 5.89 Å². The summed E-state index contributed by atoms with van der Waals surface area (Å²) in [6, 6.07) is 9.70. The first kappa shape index (κ1) is 19.3. The highest BCUT2D eigenvalue weighted by Crippen LogP contribution is 2.34. The van der Waals surface area contributed by atoms with Crippen molar-refractivity contribution in [1.82, 2.24) is 20.3 Å². The minimum Gasteiger partial charge on any atom is -0.420 e. The van der Waals surface area contributed by atoms with Gasteiger partial charge in [-0.25, -0.2) is 4.98 Å². The fourth-order valence-electron chi connectivity index (χ4n) is 2.74. The second-order valence-corrected chi connectivity index (χ2v) is 8.56. The van der Waals surface area contributed by atoms with E-state index in [4.69, 9.17) is 14.7 Å². The van der Waals surface area contributed by atoms with Gasteiger partial charge >= 0.3 is 0 Å². The standard InChI is InChI=1S/C19H17N5O3S2/c1-10-13(8-14(20)25)29-19(21-10)28-9-15-22-23-18(26-15)16-11(2)27-24-17(16)12-6-4-3-5-7-12/h3-7H,8-9H2,1-2H3,(H2,20,25). The average molecular weight is 428 g/mol. The van der Waals surface area contributed by atoms with Gasteiger partial charge in [-0.1, -0.05) is 47.3 Å². The molecule has 0 aliphatic heterocycles. The van der Waals surface area contributed by atoms with Crippen molar-refractivity contribution in [3.63, 3.8) is 0 Å². The lowest BCUT2D eigenvalue weighted by atomic mass is 10.1. The summed E-state index contributed by atoms with van der Waals surface area (Å²) in [4.78, 5) is 16.5. The van der Waals surface area contributed by atoms with Crippen molar-refractivity contribution in [2.24, 2.45) is 5.73 Å². The minimum atomic E-state index is -0.367. The molecule has 0 bridgehead atoms. The number of amides is 1. The van der Waals surface area contributed by atoms with Gasteiger partial charge in [-0.3, -0.25) is 4.79 Å². The molecule has 1 amide bonds. The van der Waals surface area contributed by atoms with Crippen LogP contribution < -0.4 is 5.73 Å². The SMILES string of the molecule is Cc1nc(SCc2nnc(-c3c(-c4ccccc4)noc3C)o2)sc1CC(N)=O. The molecule has 0 aliphatic carbocycles. The molecule has 4 rings (SSSR count). The summed E-state index contributed by atoms with van der Waals surface area (Å²) >= 11 is 2.92. The number of rotatable bonds is 7. The zero-order chi connectivity index (χ0) is 20.4. The van der Waals surface area contributed by atoms with Gasteiger partial charge in [0.2, 0.25) is 11.8 Å². The number of carbonyl (C=O) groups excluding carboxylic acids is 1. The van der Waals surface area contributed by atoms with Crippen molar-refractivity contribution in [2.75, 3.05) is 0 Å². The van der Waals surface area contributed by atoms with Gasteiger partial charge in [-0.2, -0.15) is 0 Å². The number of thioether (sulfide) groups is 1. The van der Waals surface area contributed by atoms with E-state index in [2.05, 4.69) is 20.3 Å². The van der Waals surface area contributed by atoms with E-state index in [0.717, 1.165) is 20.5 Å². The number of aromatic nitrogens is 4. The molecule has 0 saturated carbocycles. The van der Waals surface area contributed by atoms with Crippen LogP contribution in [0.3, 0.4) is 0 Å². The molecule has 1 aromatic carbocycles. The quantitative estimate of drug-likeness (QED) is 0.442. The van der Waals surface area contributed by atoms with Crippen LogP contribution in [0, 0.1) is 13.8 Å². The highest BCUT2D eigenvalue weighted by Gasteiger charge is 2.22. The minimum absolute atomic E-state index is 0.198. The first-order chi connectivity index (χ1) is 14.0. The van der Waals surface area contributed by atoms with Crippen molar-refractivity contribution in [3.8, 4) is 22.7 Å². The zero-order valence-corrected chi connectivity index (χ0v) is 17.3. The maximum absolute atomic E-state index is 11.1. The number of carbonyl (C=O) groups is 1. The summed E-state index contributed by atoms with van der Waals surface area (Å²) < 4.78 is 12.0. The largest absolute Gasteiger partial charge is 0.420 e. The Morgan fingerprint density at radius 2 is 2.00 bits per heavy atom. The number of nitrogens with two attached hydrogens (primary N) is 1. The van der Waals surface area contributed by atoms with Gasteiger partial charge < -0.3 is 14.7 Å². The molecule has 2 N–H and O–H groups in total. The van der Waals surface area contributed by atoms with Gasteiger partial charge in [-0.05, 0) is 13.8 Å². The van der Waals surface area contributed by atoms with Gasteiger partial charge in [0.05, 0.1) is 17.9 Å². The smallest absolute Gasteiger partial charge is 0.253 e. The van der Waals surface area contributed by atoms with Crippen LogP contribution in [0.15, 0.2) is 43.6 Å². The first-order valence-electron chi connectivity index (χ1n) is 8.73. The fraction of sp³-hybridized carbons (Fsp3) is 0.211. The van der Waals surface area contributed by atoms with Crippen LogP contribution in [0.5, 0.6) is 0 Å². The first-order valence-corrected chi connectivity index (χ1v) is 10.5. The van der Waals surface area contributed by atoms with Crippen molar-refractivity contribution >= 4 is 29.0 Å². The third-order valence-electron chi connectivity index (χ3n) is 4.12. The Balaban J connectivity index is 1.52. The third kappa shape index (κ3) is 4.22. The van der Waals surface area contributed by atoms with Crippen LogP contribution in [0.4, 0.5) is 0 Å². The molecule has 0 radical (unpaired) electrons. The van der Waals surface area contributed by atoms with Crippen molar-refractivity contribution in [3.05, 3.63) is 52.6 Å². The van der Waals surface area contributed by atoms with E-state index < -0.39 is 0 Å². The zero-order valence-electron chi connectivity index (χ0n) is 15.7. The third-order valence-corrected chi connectivity index (χ3v) is 6.40. The topological polar surface area (TPSA) is 121 Å². The molecule has 0 saturated heterocycles. The normalized spacial score (nSPS) is 11.1. The van der Waals surface area contributed by atoms with Gasteiger partial charge in [0.15, 0.2) is 4.34 Å². The van der Waals surface area contributed by atoms with Crippen molar-refractivity contribution < 1.29 is 13.7 Å². The number of hydrogen-bond acceptors (Lipinski definition) is 9. The highest BCUT2D eigenvalue weighted by molar-refractivity contribution is 8.00. The van der Waals surface area contributed by atoms with E-state index in [-0.39, 0.29) is 12.3 Å². The Bertz CT molecular complexity index is 1150. The van der Waals surface area contributed by atoms with Crippen LogP contribution in [-0.4, -0.2) is 26.2 Å². The molecule has 0 spiro atoms. The van der Waals surface area contributed by atoms with E-state index in [1.807, 2.05) is 44.2 Å². The Hall–Kier alpha value is -2.98. The maximum Gasteiger partial charge on any atom is 0.253 e. The van der Waals surface area contributed by atoms with E-state index in [9.17, 15) is 4.79 Å². The number of aryl methyl sites for hydroxylation is 2. The van der Waals surface area contributed by atoms with Crippen LogP contribution in [0.25, 0.3) is 22.7 Å². The van der Waals surface area contributed by atoms with Crippen molar-refractivity contribution in [2.45, 2.75) is 30.4 Å². The number of nitrogens with zero attached hydrogens (tertiary/aromatic N) is 4. The number of primary amides is 1.